The molecule has 1 aromatic rings. The number of benzene rings is 1. The zero-order chi connectivity index (χ0) is 24.5. The Balaban J connectivity index is 2.45. The molecule has 0 bridgehead atoms. The number of nitrogens with zero attached hydrogens (tertiary/aromatic N) is 1. The van der Waals surface area contributed by atoms with Crippen molar-refractivity contribution in [1.82, 2.24) is 0 Å². The maximum atomic E-state index is 11.9. The number of methoxy groups -OCH3 is 1. The first-order valence-corrected chi connectivity index (χ1v) is 10.1. The molecule has 1 aliphatic rings. The van der Waals surface area contributed by atoms with E-state index in [1.54, 1.807) is 24.3 Å². The van der Waals surface area contributed by atoms with E-state index >= 15 is 0 Å². The van der Waals surface area contributed by atoms with Crippen LogP contribution in [-0.4, -0.2) is 74.5 Å². The molecular formula is C22H27NO10. The van der Waals surface area contributed by atoms with Gasteiger partial charge < -0.3 is 28.4 Å². The Morgan fingerprint density at radius 2 is 1.45 bits per heavy atom. The number of ether oxygens (including phenoxy) is 6. The van der Waals surface area contributed by atoms with E-state index in [1.165, 1.54) is 41.0 Å². The summed E-state index contributed by atoms with van der Waals surface area (Å²) in [6.07, 6.45) is -3.31. The predicted molar refractivity (Wildman–Crippen MR) is 113 cm³/mol. The van der Waals surface area contributed by atoms with Gasteiger partial charge >= 0.3 is 23.9 Å². The van der Waals surface area contributed by atoms with Gasteiger partial charge in [-0.25, -0.2) is 0 Å². The average molecular weight is 465 g/mol. The van der Waals surface area contributed by atoms with E-state index < -0.39 is 54.5 Å². The molecule has 0 radical (unpaired) electrons. The first-order valence-electron chi connectivity index (χ1n) is 10.1. The highest BCUT2D eigenvalue weighted by atomic mass is 16.7. The summed E-state index contributed by atoms with van der Waals surface area (Å²) in [5.74, 6) is -2.00. The van der Waals surface area contributed by atoms with Crippen molar-refractivity contribution in [3.8, 4) is 5.75 Å². The highest BCUT2D eigenvalue weighted by molar-refractivity contribution is 5.80. The molecule has 2 rings (SSSR count). The molecule has 0 N–H and O–H groups in total. The highest BCUT2D eigenvalue weighted by Gasteiger charge is 2.51. The Kier molecular flexibility index (Phi) is 9.34. The second kappa shape index (κ2) is 12.0. The largest absolute Gasteiger partial charge is 0.497 e. The quantitative estimate of drug-likeness (QED) is 0.313. The zero-order valence-electron chi connectivity index (χ0n) is 19.0. The van der Waals surface area contributed by atoms with Crippen LogP contribution in [0.3, 0.4) is 0 Å². The minimum Gasteiger partial charge on any atom is -0.497 e. The predicted octanol–water partition coefficient (Wildman–Crippen LogP) is 1.20. The van der Waals surface area contributed by atoms with Crippen molar-refractivity contribution in [2.75, 3.05) is 13.7 Å². The van der Waals surface area contributed by atoms with Crippen molar-refractivity contribution in [2.45, 2.75) is 58.3 Å². The van der Waals surface area contributed by atoms with Crippen molar-refractivity contribution in [3.05, 3.63) is 29.8 Å². The number of aliphatic imine (C=N–C) groups is 1. The van der Waals surface area contributed by atoms with Gasteiger partial charge in [-0.15, -0.1) is 0 Å². The SMILES string of the molecule is COc1ccc(/C=N/C2[C@H](OC(C)=O)OC(COC(C)=O)[C@@H](OC(C)=O)[C@@H]2OC(C)=O)cc1. The fraction of sp³-hybridized carbons (Fsp3) is 0.500. The van der Waals surface area contributed by atoms with Gasteiger partial charge in [0.25, 0.3) is 0 Å². The van der Waals surface area contributed by atoms with Gasteiger partial charge in [-0.3, -0.25) is 24.2 Å². The first kappa shape index (κ1) is 25.8. The summed E-state index contributed by atoms with van der Waals surface area (Å²) in [6, 6.07) is 5.84. The summed E-state index contributed by atoms with van der Waals surface area (Å²) < 4.78 is 32.0. The van der Waals surface area contributed by atoms with Crippen LogP contribution in [0.2, 0.25) is 0 Å². The maximum absolute atomic E-state index is 11.9. The summed E-state index contributed by atoms with van der Waals surface area (Å²) in [5.41, 5.74) is 0.671. The molecule has 1 heterocycles. The Morgan fingerprint density at radius 1 is 0.879 bits per heavy atom. The van der Waals surface area contributed by atoms with E-state index in [9.17, 15) is 19.2 Å². The van der Waals surface area contributed by atoms with Crippen LogP contribution in [0.5, 0.6) is 5.75 Å². The smallest absolute Gasteiger partial charge is 0.305 e. The zero-order valence-corrected chi connectivity index (χ0v) is 19.0. The molecule has 11 heteroatoms. The van der Waals surface area contributed by atoms with Crippen LogP contribution in [-0.2, 0) is 42.9 Å². The van der Waals surface area contributed by atoms with Gasteiger partial charge in [0.05, 0.1) is 7.11 Å². The van der Waals surface area contributed by atoms with E-state index in [1.807, 2.05) is 0 Å². The average Bonchev–Trinajstić information content (AvgIpc) is 2.73. The fourth-order valence-corrected chi connectivity index (χ4v) is 3.17. The summed E-state index contributed by atoms with van der Waals surface area (Å²) in [7, 11) is 1.54. The van der Waals surface area contributed by atoms with Crippen LogP contribution in [0.1, 0.15) is 33.3 Å². The second-order valence-electron chi connectivity index (χ2n) is 7.14. The van der Waals surface area contributed by atoms with E-state index in [0.29, 0.717) is 11.3 Å². The first-order chi connectivity index (χ1) is 15.6. The van der Waals surface area contributed by atoms with Crippen LogP contribution in [0, 0.1) is 0 Å². The number of carbonyl (C=O) groups is 4. The Bertz CT molecular complexity index is 882. The van der Waals surface area contributed by atoms with E-state index in [0.717, 1.165) is 0 Å². The van der Waals surface area contributed by atoms with Crippen molar-refractivity contribution in [3.63, 3.8) is 0 Å². The van der Waals surface area contributed by atoms with Crippen molar-refractivity contribution in [1.29, 1.82) is 0 Å². The van der Waals surface area contributed by atoms with Crippen molar-refractivity contribution >= 4 is 30.1 Å². The van der Waals surface area contributed by atoms with Gasteiger partial charge in [0.15, 0.2) is 18.2 Å². The lowest BCUT2D eigenvalue weighted by Gasteiger charge is -2.42. The number of rotatable bonds is 8. The fourth-order valence-electron chi connectivity index (χ4n) is 3.17. The van der Waals surface area contributed by atoms with Crippen LogP contribution < -0.4 is 4.74 Å². The summed E-state index contributed by atoms with van der Waals surface area (Å²) in [6.45, 7) is 4.37. The molecule has 0 aromatic heterocycles. The van der Waals surface area contributed by atoms with Crippen LogP contribution in [0.4, 0.5) is 0 Å². The summed E-state index contributed by atoms with van der Waals surface area (Å²) >= 11 is 0. The molecule has 1 fully saturated rings. The number of hydrogen-bond acceptors (Lipinski definition) is 11. The van der Waals surface area contributed by atoms with Gasteiger partial charge in [-0.2, -0.15) is 0 Å². The Labute approximate surface area is 190 Å². The lowest BCUT2D eigenvalue weighted by atomic mass is 9.96. The minimum absolute atomic E-state index is 0.336. The lowest BCUT2D eigenvalue weighted by molar-refractivity contribution is -0.266. The molecule has 5 atom stereocenters. The Morgan fingerprint density at radius 3 is 1.97 bits per heavy atom. The van der Waals surface area contributed by atoms with Crippen LogP contribution >= 0.6 is 0 Å². The van der Waals surface area contributed by atoms with E-state index in [-0.39, 0.29) is 6.61 Å². The van der Waals surface area contributed by atoms with Gasteiger partial charge in [0.1, 0.15) is 18.5 Å². The molecule has 0 spiro atoms. The molecular weight excluding hydrogens is 438 g/mol. The standard InChI is InChI=1S/C22H27NO10/c1-12(24)29-11-18-20(30-13(2)25)21(31-14(3)26)19(22(33-18)32-15(4)27)23-10-16-6-8-17(28-5)9-7-16/h6-10,18-22H,11H2,1-5H3/b23-10+/t18?,19?,20-,21-,22-/m1/s1. The number of esters is 4. The third-order valence-electron chi connectivity index (χ3n) is 4.46. The van der Waals surface area contributed by atoms with Crippen molar-refractivity contribution in [2.24, 2.45) is 4.99 Å². The molecule has 0 saturated carbocycles. The highest BCUT2D eigenvalue weighted by Crippen LogP contribution is 2.30. The normalized spacial score (nSPS) is 24.6. The van der Waals surface area contributed by atoms with Gasteiger partial charge in [0, 0.05) is 33.9 Å². The monoisotopic (exact) mass is 465 g/mol. The van der Waals surface area contributed by atoms with Crippen molar-refractivity contribution < 1.29 is 47.6 Å². The van der Waals surface area contributed by atoms with Gasteiger partial charge in [-0.1, -0.05) is 0 Å². The third-order valence-corrected chi connectivity index (χ3v) is 4.46. The maximum Gasteiger partial charge on any atom is 0.305 e. The molecule has 1 aromatic carbocycles. The number of hydrogen-bond donors (Lipinski definition) is 0. The van der Waals surface area contributed by atoms with Crippen LogP contribution in [0.25, 0.3) is 0 Å². The minimum atomic E-state index is -1.31. The van der Waals surface area contributed by atoms with Gasteiger partial charge in [-0.05, 0) is 29.8 Å². The summed E-state index contributed by atoms with van der Waals surface area (Å²) in [5, 5.41) is 0. The van der Waals surface area contributed by atoms with E-state index in [2.05, 4.69) is 4.99 Å². The molecule has 1 aliphatic heterocycles. The van der Waals surface area contributed by atoms with Crippen LogP contribution in [0.15, 0.2) is 29.3 Å². The Hall–Kier alpha value is -3.47. The van der Waals surface area contributed by atoms with E-state index in [4.69, 9.17) is 28.4 Å². The molecule has 2 unspecified atom stereocenters. The molecule has 33 heavy (non-hydrogen) atoms. The second-order valence-corrected chi connectivity index (χ2v) is 7.14. The van der Waals surface area contributed by atoms with Gasteiger partial charge in [0.2, 0.25) is 6.29 Å². The molecule has 0 aliphatic carbocycles. The topological polar surface area (TPSA) is 136 Å². The summed E-state index contributed by atoms with van der Waals surface area (Å²) in [4.78, 5) is 51.1. The molecule has 0 amide bonds. The molecule has 1 saturated heterocycles. The third kappa shape index (κ3) is 7.86. The molecule has 11 nitrogen and oxygen atoms in total. The lowest BCUT2D eigenvalue weighted by Crippen LogP contribution is -2.61. The molecule has 180 valence electrons. The number of carbonyl (C=O) groups excluding carboxylic acids is 4.